The molecular formula is C16H23N3O2. The second kappa shape index (κ2) is 7.13. The van der Waals surface area contributed by atoms with Gasteiger partial charge >= 0.3 is 0 Å². The van der Waals surface area contributed by atoms with Crippen LogP contribution in [0.1, 0.15) is 30.6 Å². The summed E-state index contributed by atoms with van der Waals surface area (Å²) < 4.78 is 5.48. The normalized spacial score (nSPS) is 11.2. The number of anilines is 1. The van der Waals surface area contributed by atoms with E-state index in [1.54, 1.807) is 12.3 Å². The first-order chi connectivity index (χ1) is 10.1. The van der Waals surface area contributed by atoms with Crippen molar-refractivity contribution in [3.8, 4) is 0 Å². The van der Waals surface area contributed by atoms with E-state index in [1.807, 2.05) is 12.1 Å². The Morgan fingerprint density at radius 3 is 2.95 bits per heavy atom. The van der Waals surface area contributed by atoms with Crippen molar-refractivity contribution < 1.29 is 9.53 Å². The largest absolute Gasteiger partial charge is 0.399 e. The fourth-order valence-corrected chi connectivity index (χ4v) is 2.08. The fraction of sp³-hybridized carbons (Fsp3) is 0.438. The monoisotopic (exact) mass is 289 g/mol. The molecule has 0 radical (unpaired) electrons. The first-order valence-electron chi connectivity index (χ1n) is 7.30. The maximum absolute atomic E-state index is 12.1. The summed E-state index contributed by atoms with van der Waals surface area (Å²) in [5.41, 5.74) is 7.90. The molecule has 0 aliphatic carbocycles. The number of hydrogen-bond acceptors (Lipinski definition) is 3. The number of H-pyrrole nitrogens is 1. The number of nitrogens with two attached hydrogens (primary N) is 1. The lowest BCUT2D eigenvalue weighted by Crippen LogP contribution is -2.27. The Bertz CT molecular complexity index is 605. The Labute approximate surface area is 124 Å². The van der Waals surface area contributed by atoms with E-state index in [0.29, 0.717) is 30.3 Å². The molecule has 21 heavy (non-hydrogen) atoms. The van der Waals surface area contributed by atoms with Gasteiger partial charge < -0.3 is 20.8 Å². The molecule has 1 aromatic heterocycles. The maximum atomic E-state index is 12.1. The van der Waals surface area contributed by atoms with Crippen LogP contribution in [0.3, 0.4) is 0 Å². The van der Waals surface area contributed by atoms with Crippen LogP contribution in [0.5, 0.6) is 0 Å². The Balaban J connectivity index is 1.82. The second-order valence-corrected chi connectivity index (χ2v) is 5.56. The van der Waals surface area contributed by atoms with Gasteiger partial charge in [0.1, 0.15) is 0 Å². The number of fused-ring (bicyclic) bond motifs is 1. The molecule has 1 heterocycles. The molecule has 0 aliphatic rings. The lowest BCUT2D eigenvalue weighted by Gasteiger charge is -2.07. The van der Waals surface area contributed by atoms with Gasteiger partial charge in [0.15, 0.2) is 0 Å². The van der Waals surface area contributed by atoms with Gasteiger partial charge in [-0.3, -0.25) is 4.79 Å². The third-order valence-corrected chi connectivity index (χ3v) is 3.32. The molecule has 0 atom stereocenters. The number of aromatic amines is 1. The standard InChI is InChI=1S/C16H23N3O2/c1-11(2)5-7-21-8-6-18-16(20)14-10-19-15-9-12(17)3-4-13(14)15/h3-4,9-11,19H,5-8,17H2,1-2H3,(H,18,20). The molecule has 114 valence electrons. The minimum Gasteiger partial charge on any atom is -0.399 e. The number of ether oxygens (including phenoxy) is 1. The third-order valence-electron chi connectivity index (χ3n) is 3.32. The van der Waals surface area contributed by atoms with Crippen LogP contribution in [0.15, 0.2) is 24.4 Å². The summed E-state index contributed by atoms with van der Waals surface area (Å²) >= 11 is 0. The number of nitrogens with one attached hydrogen (secondary N) is 2. The average Bonchev–Trinajstić information content (AvgIpc) is 2.85. The molecule has 0 aliphatic heterocycles. The molecular weight excluding hydrogens is 266 g/mol. The minimum atomic E-state index is -0.0986. The van der Waals surface area contributed by atoms with Gasteiger partial charge in [0.05, 0.1) is 12.2 Å². The predicted molar refractivity (Wildman–Crippen MR) is 85.3 cm³/mol. The second-order valence-electron chi connectivity index (χ2n) is 5.56. The number of aromatic nitrogens is 1. The van der Waals surface area contributed by atoms with E-state index in [0.717, 1.165) is 23.9 Å². The van der Waals surface area contributed by atoms with Crippen LogP contribution in [0.2, 0.25) is 0 Å². The molecule has 2 aromatic rings. The van der Waals surface area contributed by atoms with Gasteiger partial charge in [0.25, 0.3) is 5.91 Å². The van der Waals surface area contributed by atoms with Crippen LogP contribution in [-0.2, 0) is 4.74 Å². The maximum Gasteiger partial charge on any atom is 0.253 e. The summed E-state index contributed by atoms with van der Waals surface area (Å²) in [6.45, 7) is 6.11. The van der Waals surface area contributed by atoms with Crippen LogP contribution in [-0.4, -0.2) is 30.6 Å². The van der Waals surface area contributed by atoms with Crippen LogP contribution >= 0.6 is 0 Å². The van der Waals surface area contributed by atoms with Crippen molar-refractivity contribution in [2.24, 2.45) is 5.92 Å². The molecule has 1 amide bonds. The molecule has 0 saturated heterocycles. The highest BCUT2D eigenvalue weighted by atomic mass is 16.5. The molecule has 4 N–H and O–H groups in total. The Kier molecular flexibility index (Phi) is 5.22. The predicted octanol–water partition coefficient (Wildman–Crippen LogP) is 2.54. The number of benzene rings is 1. The Hall–Kier alpha value is -2.01. The first-order valence-corrected chi connectivity index (χ1v) is 7.30. The number of carbonyl (C=O) groups excluding carboxylic acids is 1. The summed E-state index contributed by atoms with van der Waals surface area (Å²) in [6.07, 6.45) is 2.75. The van der Waals surface area contributed by atoms with Crippen molar-refractivity contribution in [3.05, 3.63) is 30.0 Å². The average molecular weight is 289 g/mol. The minimum absolute atomic E-state index is 0.0986. The summed E-state index contributed by atoms with van der Waals surface area (Å²) in [5.74, 6) is 0.539. The van der Waals surface area contributed by atoms with Gasteiger partial charge in [-0.25, -0.2) is 0 Å². The van der Waals surface area contributed by atoms with E-state index >= 15 is 0 Å². The van der Waals surface area contributed by atoms with Crippen LogP contribution < -0.4 is 11.1 Å². The van der Waals surface area contributed by atoms with Crippen LogP contribution in [0.4, 0.5) is 5.69 Å². The number of carbonyl (C=O) groups is 1. The summed E-state index contributed by atoms with van der Waals surface area (Å²) in [6, 6.07) is 5.47. The highest BCUT2D eigenvalue weighted by Gasteiger charge is 2.11. The number of hydrogen-bond donors (Lipinski definition) is 3. The molecule has 1 aromatic carbocycles. The van der Waals surface area contributed by atoms with Crippen molar-refractivity contribution in [2.75, 3.05) is 25.5 Å². The molecule has 0 fully saturated rings. The van der Waals surface area contributed by atoms with E-state index in [2.05, 4.69) is 24.1 Å². The van der Waals surface area contributed by atoms with E-state index in [9.17, 15) is 4.79 Å². The fourth-order valence-electron chi connectivity index (χ4n) is 2.08. The third kappa shape index (κ3) is 4.23. The quantitative estimate of drug-likeness (QED) is 0.541. The summed E-state index contributed by atoms with van der Waals surface area (Å²) in [5, 5.41) is 3.74. The van der Waals surface area contributed by atoms with Crippen molar-refractivity contribution in [3.63, 3.8) is 0 Å². The van der Waals surface area contributed by atoms with Crippen molar-refractivity contribution in [1.29, 1.82) is 0 Å². The van der Waals surface area contributed by atoms with E-state index in [4.69, 9.17) is 10.5 Å². The molecule has 0 saturated carbocycles. The van der Waals surface area contributed by atoms with E-state index in [-0.39, 0.29) is 5.91 Å². The van der Waals surface area contributed by atoms with Gasteiger partial charge in [-0.05, 0) is 30.5 Å². The lowest BCUT2D eigenvalue weighted by molar-refractivity contribution is 0.0907. The molecule has 0 bridgehead atoms. The van der Waals surface area contributed by atoms with Gasteiger partial charge in [0, 0.05) is 35.9 Å². The number of amides is 1. The zero-order chi connectivity index (χ0) is 15.2. The van der Waals surface area contributed by atoms with E-state index in [1.165, 1.54) is 0 Å². The van der Waals surface area contributed by atoms with Crippen molar-refractivity contribution in [1.82, 2.24) is 10.3 Å². The van der Waals surface area contributed by atoms with Crippen molar-refractivity contribution in [2.45, 2.75) is 20.3 Å². The molecule has 2 rings (SSSR count). The van der Waals surface area contributed by atoms with Gasteiger partial charge in [-0.15, -0.1) is 0 Å². The van der Waals surface area contributed by atoms with Crippen molar-refractivity contribution >= 4 is 22.5 Å². The smallest absolute Gasteiger partial charge is 0.253 e. The van der Waals surface area contributed by atoms with Gasteiger partial charge in [-0.2, -0.15) is 0 Å². The first kappa shape index (κ1) is 15.4. The molecule has 5 heteroatoms. The number of rotatable bonds is 7. The van der Waals surface area contributed by atoms with Crippen LogP contribution in [0.25, 0.3) is 10.9 Å². The van der Waals surface area contributed by atoms with Crippen LogP contribution in [0, 0.1) is 5.92 Å². The highest BCUT2D eigenvalue weighted by Crippen LogP contribution is 2.20. The Morgan fingerprint density at radius 2 is 2.19 bits per heavy atom. The zero-order valence-corrected chi connectivity index (χ0v) is 12.6. The zero-order valence-electron chi connectivity index (χ0n) is 12.6. The van der Waals surface area contributed by atoms with Gasteiger partial charge in [-0.1, -0.05) is 13.8 Å². The summed E-state index contributed by atoms with van der Waals surface area (Å²) in [7, 11) is 0. The molecule has 0 unspecified atom stereocenters. The molecule has 0 spiro atoms. The molecule has 5 nitrogen and oxygen atoms in total. The summed E-state index contributed by atoms with van der Waals surface area (Å²) in [4.78, 5) is 15.2. The Morgan fingerprint density at radius 1 is 1.38 bits per heavy atom. The highest BCUT2D eigenvalue weighted by molar-refractivity contribution is 6.07. The topological polar surface area (TPSA) is 80.1 Å². The SMILES string of the molecule is CC(C)CCOCCNC(=O)c1c[nH]c2cc(N)ccc12. The number of nitrogen functional groups attached to an aromatic ring is 1. The lowest BCUT2D eigenvalue weighted by atomic mass is 10.1. The van der Waals surface area contributed by atoms with Gasteiger partial charge in [0.2, 0.25) is 0 Å². The van der Waals surface area contributed by atoms with E-state index < -0.39 is 0 Å².